The van der Waals surface area contributed by atoms with Crippen LogP contribution < -0.4 is 0 Å². The molecule has 0 saturated carbocycles. The predicted octanol–water partition coefficient (Wildman–Crippen LogP) is 2.51. The van der Waals surface area contributed by atoms with Gasteiger partial charge in [0.2, 0.25) is 5.91 Å². The average Bonchev–Trinajstić information content (AvgIpc) is 2.84. The van der Waals surface area contributed by atoms with Crippen LogP contribution in [0.4, 0.5) is 13.2 Å². The number of carbonyl (C=O) groups excluding carboxylic acids is 2. The van der Waals surface area contributed by atoms with Gasteiger partial charge in [-0.15, -0.1) is 0 Å². The van der Waals surface area contributed by atoms with E-state index in [1.807, 2.05) is 0 Å². The van der Waals surface area contributed by atoms with Crippen molar-refractivity contribution in [2.45, 2.75) is 56.9 Å². The molecule has 3 heterocycles. The third-order valence-electron chi connectivity index (χ3n) is 4.18. The Hall–Kier alpha value is -0.970. The normalized spacial score (nSPS) is 39.9. The summed E-state index contributed by atoms with van der Waals surface area (Å²) in [5.41, 5.74) is -2.61. The number of ether oxygens (including phenoxy) is 1. The van der Waals surface area contributed by atoms with Crippen molar-refractivity contribution in [1.82, 2.24) is 4.90 Å². The number of ketones is 1. The van der Waals surface area contributed by atoms with E-state index < -0.39 is 69.2 Å². The SMILES string of the molecule is CC(C)OP1(=O)OC[C@@]2(C(F)F)O[C@@H](N3C=C(Cl)C(=O)CC3=O)[C@H](F)[C@@H]2O1. The topological polar surface area (TPSA) is 91.4 Å². The number of fused-ring (bicyclic) bond motifs is 1. The number of nitrogens with zero attached hydrogens (tertiary/aromatic N) is 1. The van der Waals surface area contributed by atoms with Crippen LogP contribution in [0.3, 0.4) is 0 Å². The molecule has 0 aromatic heterocycles. The minimum atomic E-state index is -4.32. The van der Waals surface area contributed by atoms with Gasteiger partial charge in [-0.25, -0.2) is 17.7 Å². The number of rotatable bonds is 4. The number of phosphoric acid groups is 1. The average molecular weight is 434 g/mol. The number of Topliss-reactive ketones (excluding diaryl/α,β-unsaturated/α-hetero) is 1. The molecule has 0 aliphatic carbocycles. The maximum absolute atomic E-state index is 15.0. The van der Waals surface area contributed by atoms with Crippen LogP contribution in [0.5, 0.6) is 0 Å². The monoisotopic (exact) mass is 433 g/mol. The quantitative estimate of drug-likeness (QED) is 0.497. The Labute approximate surface area is 157 Å². The summed E-state index contributed by atoms with van der Waals surface area (Å²) in [5.74, 6) is -1.58. The Balaban J connectivity index is 1.93. The first-order valence-corrected chi connectivity index (χ1v) is 9.76. The van der Waals surface area contributed by atoms with E-state index >= 15 is 4.39 Å². The van der Waals surface area contributed by atoms with Gasteiger partial charge in [-0.05, 0) is 13.8 Å². The van der Waals surface area contributed by atoms with Crippen molar-refractivity contribution in [3.63, 3.8) is 0 Å². The fourth-order valence-corrected chi connectivity index (χ4v) is 4.74. The Kier molecular flexibility index (Phi) is 5.48. The van der Waals surface area contributed by atoms with E-state index in [9.17, 15) is 22.9 Å². The van der Waals surface area contributed by atoms with E-state index in [4.69, 9.17) is 29.9 Å². The molecule has 3 rings (SSSR count). The van der Waals surface area contributed by atoms with Crippen LogP contribution in [-0.4, -0.2) is 59.8 Å². The van der Waals surface area contributed by atoms with E-state index in [0.717, 1.165) is 6.20 Å². The van der Waals surface area contributed by atoms with Crippen molar-refractivity contribution in [3.8, 4) is 0 Å². The van der Waals surface area contributed by atoms with Gasteiger partial charge in [0.05, 0.1) is 19.1 Å². The molecule has 0 bridgehead atoms. The van der Waals surface area contributed by atoms with Gasteiger partial charge < -0.3 is 4.74 Å². The van der Waals surface area contributed by atoms with Crippen LogP contribution in [-0.2, 0) is 32.5 Å². The molecule has 0 radical (unpaired) electrons. The minimum Gasteiger partial charge on any atom is -0.337 e. The Morgan fingerprint density at radius 3 is 2.67 bits per heavy atom. The van der Waals surface area contributed by atoms with E-state index in [2.05, 4.69) is 0 Å². The first kappa shape index (κ1) is 20.8. The molecule has 13 heteroatoms. The van der Waals surface area contributed by atoms with Gasteiger partial charge >= 0.3 is 7.82 Å². The highest BCUT2D eigenvalue weighted by Gasteiger charge is 2.68. The summed E-state index contributed by atoms with van der Waals surface area (Å²) in [4.78, 5) is 24.1. The third kappa shape index (κ3) is 3.56. The van der Waals surface area contributed by atoms with Crippen molar-refractivity contribution in [3.05, 3.63) is 11.2 Å². The lowest BCUT2D eigenvalue weighted by atomic mass is 9.97. The van der Waals surface area contributed by atoms with E-state index in [1.165, 1.54) is 13.8 Å². The number of carbonyl (C=O) groups is 2. The van der Waals surface area contributed by atoms with E-state index in [-0.39, 0.29) is 5.03 Å². The molecule has 8 nitrogen and oxygen atoms in total. The van der Waals surface area contributed by atoms with E-state index in [1.54, 1.807) is 0 Å². The summed E-state index contributed by atoms with van der Waals surface area (Å²) in [6.45, 7) is 2.02. The van der Waals surface area contributed by atoms with Gasteiger partial charge in [0.15, 0.2) is 23.8 Å². The maximum atomic E-state index is 15.0. The summed E-state index contributed by atoms with van der Waals surface area (Å²) in [6, 6.07) is 0. The fourth-order valence-electron chi connectivity index (χ4n) is 2.95. The maximum Gasteiger partial charge on any atom is 0.475 e. The molecule has 3 aliphatic rings. The molecule has 1 unspecified atom stereocenters. The number of hydrogen-bond donors (Lipinski definition) is 0. The first-order valence-electron chi connectivity index (χ1n) is 7.92. The second-order valence-corrected chi connectivity index (χ2v) is 8.47. The third-order valence-corrected chi connectivity index (χ3v) is 6.10. The highest BCUT2D eigenvalue weighted by atomic mass is 35.5. The smallest absolute Gasteiger partial charge is 0.337 e. The van der Waals surface area contributed by atoms with Crippen molar-refractivity contribution in [2.75, 3.05) is 6.61 Å². The summed E-state index contributed by atoms with van der Waals surface area (Å²) in [5, 5.41) is -0.377. The van der Waals surface area contributed by atoms with Gasteiger partial charge in [0, 0.05) is 6.20 Å². The molecule has 2 saturated heterocycles. The Bertz CT molecular complexity index is 735. The second kappa shape index (κ2) is 7.13. The first-order chi connectivity index (χ1) is 12.5. The standard InChI is InChI=1S/C14H16ClF3NO7P/c1-6(2)25-27(22)23-5-14(13(17)18)11(26-27)10(16)12(24-14)19-4-7(15)8(20)3-9(19)21/h4,6,10-13H,3,5H2,1-2H3/t10-,11+,12-,14-,27?/m1/s1. The van der Waals surface area contributed by atoms with Crippen molar-refractivity contribution in [2.24, 2.45) is 0 Å². The van der Waals surface area contributed by atoms with Crippen LogP contribution in [0.1, 0.15) is 20.3 Å². The molecular formula is C14H16ClF3NO7P. The molecule has 0 spiro atoms. The molecule has 0 aromatic rings. The Morgan fingerprint density at radius 1 is 1.41 bits per heavy atom. The Morgan fingerprint density at radius 2 is 2.07 bits per heavy atom. The van der Waals surface area contributed by atoms with E-state index in [0.29, 0.717) is 4.90 Å². The zero-order valence-electron chi connectivity index (χ0n) is 14.1. The van der Waals surface area contributed by atoms with Gasteiger partial charge in [-0.1, -0.05) is 11.6 Å². The molecule has 2 fully saturated rings. The summed E-state index contributed by atoms with van der Waals surface area (Å²) >= 11 is 5.68. The van der Waals surface area contributed by atoms with Crippen LogP contribution in [0.15, 0.2) is 11.2 Å². The zero-order chi connectivity index (χ0) is 20.1. The molecule has 1 amide bonds. The van der Waals surface area contributed by atoms with Crippen LogP contribution in [0, 0.1) is 0 Å². The van der Waals surface area contributed by atoms with Gasteiger partial charge in [-0.3, -0.25) is 28.1 Å². The molecule has 5 atom stereocenters. The highest BCUT2D eigenvalue weighted by Crippen LogP contribution is 2.60. The summed E-state index contributed by atoms with van der Waals surface area (Å²) < 4.78 is 74.9. The van der Waals surface area contributed by atoms with Gasteiger partial charge in [-0.2, -0.15) is 0 Å². The van der Waals surface area contributed by atoms with Crippen molar-refractivity contribution < 1.29 is 45.6 Å². The van der Waals surface area contributed by atoms with Gasteiger partial charge in [0.25, 0.3) is 6.43 Å². The fraction of sp³-hybridized carbons (Fsp3) is 0.714. The molecule has 152 valence electrons. The lowest BCUT2D eigenvalue weighted by Crippen LogP contribution is -2.55. The molecule has 0 aromatic carbocycles. The number of alkyl halides is 3. The van der Waals surface area contributed by atoms with Crippen molar-refractivity contribution in [1.29, 1.82) is 0 Å². The van der Waals surface area contributed by atoms with Crippen LogP contribution >= 0.6 is 19.4 Å². The van der Waals surface area contributed by atoms with Crippen LogP contribution in [0.2, 0.25) is 0 Å². The summed E-state index contributed by atoms with van der Waals surface area (Å²) in [7, 11) is -4.32. The predicted molar refractivity (Wildman–Crippen MR) is 83.6 cm³/mol. The number of halogens is 4. The second-order valence-electron chi connectivity index (χ2n) is 6.49. The number of phosphoric ester groups is 1. The number of hydrogen-bond acceptors (Lipinski definition) is 7. The summed E-state index contributed by atoms with van der Waals surface area (Å²) in [6.07, 6.45) is -10.0. The van der Waals surface area contributed by atoms with Gasteiger partial charge in [0.1, 0.15) is 11.1 Å². The number of amides is 1. The lowest BCUT2D eigenvalue weighted by Gasteiger charge is -2.39. The molecule has 27 heavy (non-hydrogen) atoms. The van der Waals surface area contributed by atoms with Crippen molar-refractivity contribution >= 4 is 31.1 Å². The lowest BCUT2D eigenvalue weighted by molar-refractivity contribution is -0.213. The molecular weight excluding hydrogens is 418 g/mol. The number of allylic oxidation sites excluding steroid dienone is 1. The molecule has 3 aliphatic heterocycles. The minimum absolute atomic E-state index is 0.377. The zero-order valence-corrected chi connectivity index (χ0v) is 15.8. The molecule has 0 N–H and O–H groups in total. The van der Waals surface area contributed by atoms with Crippen LogP contribution in [0.25, 0.3) is 0 Å². The largest absolute Gasteiger partial charge is 0.475 e. The highest BCUT2D eigenvalue weighted by molar-refractivity contribution is 7.48.